The summed E-state index contributed by atoms with van der Waals surface area (Å²) in [5.74, 6) is 0. The number of benzene rings is 2. The highest BCUT2D eigenvalue weighted by molar-refractivity contribution is 9.11. The number of rotatable bonds is 4. The fourth-order valence-corrected chi connectivity index (χ4v) is 14.7. The predicted octanol–water partition coefficient (Wildman–Crippen LogP) is 4.45. The largest absolute Gasteiger partial charge is 0.0952 e. The van der Waals surface area contributed by atoms with Gasteiger partial charge in [0.2, 0.25) is 0 Å². The lowest BCUT2D eigenvalue weighted by Gasteiger charge is -2.48. The van der Waals surface area contributed by atoms with Gasteiger partial charge in [0, 0.05) is 3.57 Å². The molecule has 2 aromatic rings. The highest BCUT2D eigenvalue weighted by Crippen LogP contribution is 2.38. The van der Waals surface area contributed by atoms with Crippen LogP contribution in [0.1, 0.15) is 6.92 Å². The topological polar surface area (TPSA) is 0 Å². The molecule has 0 aliphatic heterocycles. The van der Waals surface area contributed by atoms with Crippen LogP contribution in [-0.2, 0) is 0 Å². The Morgan fingerprint density at radius 3 is 1.24 bits per heavy atom. The van der Waals surface area contributed by atoms with Gasteiger partial charge in [0.05, 0.1) is 16.1 Å². The van der Waals surface area contributed by atoms with Crippen molar-refractivity contribution in [3.05, 3.63) is 60.7 Å². The van der Waals surface area contributed by atoms with E-state index in [-0.39, 0.29) is 3.57 Å². The van der Waals surface area contributed by atoms with E-state index in [0.29, 0.717) is 0 Å². The molecular weight excluding hydrogens is 352 g/mol. The van der Waals surface area contributed by atoms with Crippen molar-refractivity contribution in [2.24, 2.45) is 0 Å². The molecule has 0 aliphatic rings. The van der Waals surface area contributed by atoms with Crippen molar-refractivity contribution in [2.45, 2.75) is 36.7 Å². The highest BCUT2D eigenvalue weighted by atomic mass is 79.9. The van der Waals surface area contributed by atoms with Gasteiger partial charge in [-0.15, -0.1) is 0 Å². The third-order valence-corrected chi connectivity index (χ3v) is 23.3. The first-order valence-electron chi connectivity index (χ1n) is 7.51. The molecule has 0 saturated heterocycles. The van der Waals surface area contributed by atoms with Gasteiger partial charge < -0.3 is 0 Å². The lowest BCUT2D eigenvalue weighted by atomic mass is 10.4. The number of alkyl halides is 1. The first-order chi connectivity index (χ1) is 9.71. The van der Waals surface area contributed by atoms with Crippen molar-refractivity contribution < 1.29 is 0 Å². The number of halogens is 1. The van der Waals surface area contributed by atoms with E-state index in [0.717, 1.165) is 0 Å². The Bertz CT molecular complexity index is 536. The molecule has 0 atom stereocenters. The molecule has 0 radical (unpaired) electrons. The third kappa shape index (κ3) is 2.83. The number of hydrogen-bond acceptors (Lipinski definition) is 0. The number of hydrogen-bond donors (Lipinski definition) is 0. The quantitative estimate of drug-likeness (QED) is 0.546. The monoisotopic (exact) mass is 376 g/mol. The van der Waals surface area contributed by atoms with Crippen molar-refractivity contribution in [3.63, 3.8) is 0 Å². The minimum Gasteiger partial charge on any atom is -0.0916 e. The maximum atomic E-state index is 4.22. The molecule has 0 saturated carbocycles. The van der Waals surface area contributed by atoms with Crippen molar-refractivity contribution >= 4 is 42.5 Å². The molecule has 0 heterocycles. The maximum Gasteiger partial charge on any atom is 0.0952 e. The summed E-state index contributed by atoms with van der Waals surface area (Å²) < 4.78 is 0.190. The van der Waals surface area contributed by atoms with Gasteiger partial charge in [-0.05, 0) is 0 Å². The molecule has 21 heavy (non-hydrogen) atoms. The van der Waals surface area contributed by atoms with Gasteiger partial charge in [0.15, 0.2) is 0 Å². The molecule has 0 bridgehead atoms. The van der Waals surface area contributed by atoms with E-state index >= 15 is 0 Å². The molecule has 0 spiro atoms. The predicted molar refractivity (Wildman–Crippen MR) is 104 cm³/mol. The van der Waals surface area contributed by atoms with Crippen molar-refractivity contribution in [1.82, 2.24) is 0 Å². The Labute approximate surface area is 139 Å². The minimum absolute atomic E-state index is 0.190. The van der Waals surface area contributed by atoms with Crippen molar-refractivity contribution in [1.29, 1.82) is 0 Å². The molecule has 0 N–H and O–H groups in total. The molecule has 0 aliphatic carbocycles. The summed E-state index contributed by atoms with van der Waals surface area (Å²) in [5.41, 5.74) is 0. The van der Waals surface area contributed by atoms with E-state index in [4.69, 9.17) is 0 Å². The van der Waals surface area contributed by atoms with Gasteiger partial charge in [-0.25, -0.2) is 0 Å². The van der Waals surface area contributed by atoms with E-state index in [9.17, 15) is 0 Å². The fraction of sp³-hybridized carbons (Fsp3) is 0.333. The lowest BCUT2D eigenvalue weighted by Crippen LogP contribution is -2.72. The van der Waals surface area contributed by atoms with Crippen LogP contribution in [0.15, 0.2) is 60.7 Å². The standard InChI is InChI=1S/C18H25BrSi2/c1-18(19,20(2,3)16-12-8-6-9-13-16)21(4,5)17-14-10-7-11-15-17/h6-15H,1-5H3. The molecule has 0 amide bonds. The Balaban J connectivity index is 2.50. The maximum absolute atomic E-state index is 4.22. The zero-order chi connectivity index (χ0) is 15.7. The molecule has 0 unspecified atom stereocenters. The molecule has 112 valence electrons. The lowest BCUT2D eigenvalue weighted by molar-refractivity contribution is 1.16. The molecule has 0 nitrogen and oxygen atoms in total. The van der Waals surface area contributed by atoms with Crippen LogP contribution in [0.25, 0.3) is 0 Å². The Morgan fingerprint density at radius 2 is 0.952 bits per heavy atom. The highest BCUT2D eigenvalue weighted by Gasteiger charge is 2.53. The van der Waals surface area contributed by atoms with Crippen LogP contribution < -0.4 is 10.4 Å². The van der Waals surface area contributed by atoms with Crippen LogP contribution in [0.5, 0.6) is 0 Å². The first-order valence-corrected chi connectivity index (χ1v) is 14.3. The summed E-state index contributed by atoms with van der Waals surface area (Å²) in [4.78, 5) is 0. The zero-order valence-electron chi connectivity index (χ0n) is 13.7. The molecule has 2 aromatic carbocycles. The van der Waals surface area contributed by atoms with Gasteiger partial charge in [0.1, 0.15) is 0 Å². The summed E-state index contributed by atoms with van der Waals surface area (Å²) in [7, 11) is -3.29. The van der Waals surface area contributed by atoms with E-state index in [1.165, 1.54) is 10.4 Å². The van der Waals surface area contributed by atoms with Crippen molar-refractivity contribution in [3.8, 4) is 0 Å². The Hall–Kier alpha value is -0.646. The average Bonchev–Trinajstić information content (AvgIpc) is 2.48. The second-order valence-electron chi connectivity index (χ2n) is 6.99. The second kappa shape index (κ2) is 5.86. The van der Waals surface area contributed by atoms with Gasteiger partial charge in [-0.2, -0.15) is 0 Å². The summed E-state index contributed by atoms with van der Waals surface area (Å²) in [5, 5.41) is 3.06. The summed E-state index contributed by atoms with van der Waals surface area (Å²) in [6.07, 6.45) is 0. The van der Waals surface area contributed by atoms with E-state index < -0.39 is 16.1 Å². The van der Waals surface area contributed by atoms with Gasteiger partial charge >= 0.3 is 0 Å². The van der Waals surface area contributed by atoms with Crippen molar-refractivity contribution in [2.75, 3.05) is 0 Å². The molecule has 2 rings (SSSR count). The first kappa shape index (κ1) is 16.7. The smallest absolute Gasteiger partial charge is 0.0916 e. The van der Waals surface area contributed by atoms with Crippen LogP contribution in [0, 0.1) is 0 Å². The van der Waals surface area contributed by atoms with Crippen LogP contribution in [0.2, 0.25) is 26.2 Å². The third-order valence-electron chi connectivity index (χ3n) is 5.34. The van der Waals surface area contributed by atoms with Crippen LogP contribution in [0.3, 0.4) is 0 Å². The summed E-state index contributed by atoms with van der Waals surface area (Å²) >= 11 is 4.22. The Kier molecular flexibility index (Phi) is 4.67. The van der Waals surface area contributed by atoms with E-state index in [1.807, 2.05) is 0 Å². The minimum atomic E-state index is -1.65. The zero-order valence-corrected chi connectivity index (χ0v) is 17.2. The molecule has 0 fully saturated rings. The molecule has 3 heteroatoms. The summed E-state index contributed by atoms with van der Waals surface area (Å²) in [6.45, 7) is 12.4. The fourth-order valence-electron chi connectivity index (χ4n) is 3.03. The van der Waals surface area contributed by atoms with E-state index in [1.54, 1.807) is 0 Å². The average molecular weight is 377 g/mol. The van der Waals surface area contributed by atoms with E-state index in [2.05, 4.69) is 110 Å². The van der Waals surface area contributed by atoms with Crippen LogP contribution in [0.4, 0.5) is 0 Å². The summed E-state index contributed by atoms with van der Waals surface area (Å²) in [6, 6.07) is 22.1. The normalized spacial score (nSPS) is 13.2. The van der Waals surface area contributed by atoms with Crippen LogP contribution in [-0.4, -0.2) is 19.7 Å². The SMILES string of the molecule is CC(Br)([Si](C)(C)c1ccccc1)[Si](C)(C)c1ccccc1. The Morgan fingerprint density at radius 1 is 0.667 bits per heavy atom. The van der Waals surface area contributed by atoms with Gasteiger partial charge in [-0.1, -0.05) is 120 Å². The molecule has 0 aromatic heterocycles. The second-order valence-corrected chi connectivity index (χ2v) is 20.2. The molecular formula is C18H25BrSi2. The van der Waals surface area contributed by atoms with Gasteiger partial charge in [-0.3, -0.25) is 0 Å². The van der Waals surface area contributed by atoms with Gasteiger partial charge in [0.25, 0.3) is 0 Å². The van der Waals surface area contributed by atoms with Crippen LogP contribution >= 0.6 is 15.9 Å².